The molecule has 3 aromatic rings. The Kier molecular flexibility index (Phi) is 3.68. The molecule has 0 aliphatic carbocycles. The lowest BCUT2D eigenvalue weighted by Crippen LogP contribution is -2.00. The van der Waals surface area contributed by atoms with Crippen molar-refractivity contribution in [2.45, 2.75) is 0 Å². The number of anilines is 3. The number of nitrogens with zero attached hydrogens (tertiary/aromatic N) is 2. The van der Waals surface area contributed by atoms with E-state index in [1.54, 1.807) is 24.3 Å². The van der Waals surface area contributed by atoms with Crippen molar-refractivity contribution in [3.05, 3.63) is 47.5 Å². The molecule has 0 amide bonds. The van der Waals surface area contributed by atoms with Crippen molar-refractivity contribution >= 4 is 39.7 Å². The van der Waals surface area contributed by atoms with Crippen LogP contribution < -0.4 is 15.8 Å². The minimum absolute atomic E-state index is 0.0320. The van der Waals surface area contributed by atoms with Gasteiger partial charge in [-0.2, -0.15) is 0 Å². The number of fused-ring (bicyclic) bond motifs is 1. The van der Waals surface area contributed by atoms with E-state index >= 15 is 0 Å². The highest BCUT2D eigenvalue weighted by Crippen LogP contribution is 2.32. The van der Waals surface area contributed by atoms with Crippen LogP contribution in [0.5, 0.6) is 5.75 Å². The molecule has 1 aromatic heterocycles. The molecule has 0 radical (unpaired) electrons. The molecule has 112 valence electrons. The zero-order valence-electron chi connectivity index (χ0n) is 11.6. The smallest absolute Gasteiger partial charge is 0.165 e. The average Bonchev–Trinajstić information content (AvgIpc) is 2.52. The van der Waals surface area contributed by atoms with Gasteiger partial charge in [0.05, 0.1) is 29.0 Å². The van der Waals surface area contributed by atoms with Crippen LogP contribution >= 0.6 is 11.6 Å². The first-order valence-corrected chi connectivity index (χ1v) is 6.77. The summed E-state index contributed by atoms with van der Waals surface area (Å²) in [6.07, 6.45) is 1.38. The maximum Gasteiger partial charge on any atom is 0.165 e. The summed E-state index contributed by atoms with van der Waals surface area (Å²) in [5.74, 6) is 0.406. The third-order valence-corrected chi connectivity index (χ3v) is 3.48. The van der Waals surface area contributed by atoms with Gasteiger partial charge >= 0.3 is 0 Å². The highest BCUT2D eigenvalue weighted by Gasteiger charge is 2.11. The Morgan fingerprint density at radius 2 is 2.09 bits per heavy atom. The molecule has 0 atom stereocenters. The second-order valence-electron chi connectivity index (χ2n) is 4.56. The fourth-order valence-electron chi connectivity index (χ4n) is 2.10. The van der Waals surface area contributed by atoms with Gasteiger partial charge in [0.2, 0.25) is 0 Å². The zero-order valence-corrected chi connectivity index (χ0v) is 12.4. The number of methoxy groups -OCH3 is 1. The summed E-state index contributed by atoms with van der Waals surface area (Å²) >= 11 is 5.78. The highest BCUT2D eigenvalue weighted by atomic mass is 35.5. The largest absolute Gasteiger partial charge is 0.495 e. The molecule has 0 aliphatic rings. The molecule has 0 bridgehead atoms. The van der Waals surface area contributed by atoms with Gasteiger partial charge in [0.15, 0.2) is 5.82 Å². The Hall–Kier alpha value is -2.60. The molecule has 0 saturated carbocycles. The summed E-state index contributed by atoms with van der Waals surface area (Å²) in [6.45, 7) is 0. The summed E-state index contributed by atoms with van der Waals surface area (Å²) in [5.41, 5.74) is 7.21. The molecule has 0 fully saturated rings. The van der Waals surface area contributed by atoms with Gasteiger partial charge in [0, 0.05) is 11.5 Å². The van der Waals surface area contributed by atoms with Crippen molar-refractivity contribution in [2.75, 3.05) is 18.2 Å². The molecular formula is C15H12ClFN4O. The average molecular weight is 319 g/mol. The van der Waals surface area contributed by atoms with Crippen LogP contribution in [0.1, 0.15) is 0 Å². The Balaban J connectivity index is 2.11. The zero-order chi connectivity index (χ0) is 15.7. The SMILES string of the molecule is COc1cc2ncnc(Nc3cccc(Cl)c3F)c2cc1N. The molecule has 22 heavy (non-hydrogen) atoms. The summed E-state index contributed by atoms with van der Waals surface area (Å²) in [4.78, 5) is 8.31. The van der Waals surface area contributed by atoms with E-state index in [0.29, 0.717) is 28.2 Å². The standard InChI is InChI=1S/C15H12ClFN4O/c1-22-13-6-12-8(5-10(13)18)15(20-7-19-12)21-11-4-2-3-9(16)14(11)17/h2-7H,18H2,1H3,(H,19,20,21). The molecule has 2 aromatic carbocycles. The maximum absolute atomic E-state index is 14.0. The van der Waals surface area contributed by atoms with Gasteiger partial charge in [0.1, 0.15) is 17.9 Å². The Bertz CT molecular complexity index is 856. The van der Waals surface area contributed by atoms with Crippen LogP contribution in [-0.2, 0) is 0 Å². The Labute approximate surface area is 130 Å². The number of nitrogens with one attached hydrogen (secondary N) is 1. The van der Waals surface area contributed by atoms with E-state index in [-0.39, 0.29) is 10.7 Å². The molecule has 0 unspecified atom stereocenters. The third kappa shape index (κ3) is 2.48. The molecule has 5 nitrogen and oxygen atoms in total. The van der Waals surface area contributed by atoms with Gasteiger partial charge in [-0.15, -0.1) is 0 Å². The second-order valence-corrected chi connectivity index (χ2v) is 4.97. The van der Waals surface area contributed by atoms with Crippen LogP contribution in [0.15, 0.2) is 36.7 Å². The topological polar surface area (TPSA) is 73.1 Å². The molecule has 7 heteroatoms. The van der Waals surface area contributed by atoms with E-state index in [1.165, 1.54) is 19.5 Å². The van der Waals surface area contributed by atoms with Crippen LogP contribution in [0.25, 0.3) is 10.9 Å². The molecule has 0 saturated heterocycles. The minimum atomic E-state index is -0.544. The number of hydrogen-bond acceptors (Lipinski definition) is 5. The first kappa shape index (κ1) is 14.3. The van der Waals surface area contributed by atoms with Crippen LogP contribution in [0.3, 0.4) is 0 Å². The van der Waals surface area contributed by atoms with Gasteiger partial charge in [0.25, 0.3) is 0 Å². The van der Waals surface area contributed by atoms with Crippen molar-refractivity contribution in [1.29, 1.82) is 0 Å². The summed E-state index contributed by atoms with van der Waals surface area (Å²) in [5, 5.41) is 3.60. The molecule has 3 rings (SSSR count). The number of ether oxygens (including phenoxy) is 1. The number of nitrogens with two attached hydrogens (primary N) is 1. The molecule has 0 aliphatic heterocycles. The van der Waals surface area contributed by atoms with Gasteiger partial charge in [-0.1, -0.05) is 17.7 Å². The van der Waals surface area contributed by atoms with Crippen LogP contribution in [0.2, 0.25) is 5.02 Å². The lowest BCUT2D eigenvalue weighted by molar-refractivity contribution is 0.417. The van der Waals surface area contributed by atoms with Gasteiger partial charge < -0.3 is 15.8 Å². The summed E-state index contributed by atoms with van der Waals surface area (Å²) < 4.78 is 19.2. The number of benzene rings is 2. The van der Waals surface area contributed by atoms with Gasteiger partial charge in [-0.25, -0.2) is 14.4 Å². The van der Waals surface area contributed by atoms with E-state index in [2.05, 4.69) is 15.3 Å². The van der Waals surface area contributed by atoms with Crippen molar-refractivity contribution in [3.8, 4) is 5.75 Å². The molecule has 3 N–H and O–H groups in total. The van der Waals surface area contributed by atoms with E-state index in [1.807, 2.05) is 0 Å². The van der Waals surface area contributed by atoms with Crippen molar-refractivity contribution in [1.82, 2.24) is 9.97 Å². The Morgan fingerprint density at radius 1 is 1.27 bits per heavy atom. The molecular weight excluding hydrogens is 307 g/mol. The van der Waals surface area contributed by atoms with E-state index in [4.69, 9.17) is 22.1 Å². The van der Waals surface area contributed by atoms with E-state index < -0.39 is 5.82 Å². The Morgan fingerprint density at radius 3 is 2.86 bits per heavy atom. The molecule has 1 heterocycles. The van der Waals surface area contributed by atoms with Crippen LogP contribution in [-0.4, -0.2) is 17.1 Å². The van der Waals surface area contributed by atoms with Gasteiger partial charge in [-0.05, 0) is 18.2 Å². The third-order valence-electron chi connectivity index (χ3n) is 3.19. The fourth-order valence-corrected chi connectivity index (χ4v) is 2.28. The number of halogens is 2. The first-order valence-electron chi connectivity index (χ1n) is 6.39. The first-order chi connectivity index (χ1) is 10.6. The van der Waals surface area contributed by atoms with Crippen molar-refractivity contribution < 1.29 is 9.13 Å². The quantitative estimate of drug-likeness (QED) is 0.719. The predicted molar refractivity (Wildman–Crippen MR) is 85.2 cm³/mol. The van der Waals surface area contributed by atoms with Crippen molar-refractivity contribution in [3.63, 3.8) is 0 Å². The van der Waals surface area contributed by atoms with E-state index in [0.717, 1.165) is 0 Å². The van der Waals surface area contributed by atoms with Gasteiger partial charge in [-0.3, -0.25) is 0 Å². The number of rotatable bonds is 3. The maximum atomic E-state index is 14.0. The van der Waals surface area contributed by atoms with Crippen molar-refractivity contribution in [2.24, 2.45) is 0 Å². The summed E-state index contributed by atoms with van der Waals surface area (Å²) in [7, 11) is 1.53. The normalized spacial score (nSPS) is 10.7. The second kappa shape index (κ2) is 5.65. The number of aromatic nitrogens is 2. The van der Waals surface area contributed by atoms with E-state index in [9.17, 15) is 4.39 Å². The fraction of sp³-hybridized carbons (Fsp3) is 0.0667. The lowest BCUT2D eigenvalue weighted by Gasteiger charge is -2.11. The number of hydrogen-bond donors (Lipinski definition) is 2. The highest BCUT2D eigenvalue weighted by molar-refractivity contribution is 6.31. The summed E-state index contributed by atoms with van der Waals surface area (Å²) in [6, 6.07) is 8.07. The molecule has 0 spiro atoms. The van der Waals surface area contributed by atoms with Crippen LogP contribution in [0, 0.1) is 5.82 Å². The lowest BCUT2D eigenvalue weighted by atomic mass is 10.2. The number of nitrogen functional groups attached to an aromatic ring is 1. The minimum Gasteiger partial charge on any atom is -0.495 e. The monoisotopic (exact) mass is 318 g/mol. The predicted octanol–water partition coefficient (Wildman–Crippen LogP) is 3.76. The van der Waals surface area contributed by atoms with Crippen LogP contribution in [0.4, 0.5) is 21.6 Å².